The molecule has 0 amide bonds. The van der Waals surface area contributed by atoms with E-state index < -0.39 is 0 Å². The number of aromatic nitrogens is 1. The Morgan fingerprint density at radius 3 is 2.93 bits per heavy atom. The molecule has 1 aromatic heterocycles. The van der Waals surface area contributed by atoms with Gasteiger partial charge in [-0.25, -0.2) is 9.36 Å². The molecule has 1 aromatic carbocycles. The summed E-state index contributed by atoms with van der Waals surface area (Å²) in [4.78, 5) is 15.7. The number of piperidine rings is 2. The summed E-state index contributed by atoms with van der Waals surface area (Å²) in [5, 5.41) is 11.1. The maximum Gasteiger partial charge on any atom is 0.418 e. The fourth-order valence-corrected chi connectivity index (χ4v) is 6.22. The molecule has 5 atom stereocenters. The molecular formula is C22H28N2O3. The molecule has 5 nitrogen and oxygen atoms in total. The first-order chi connectivity index (χ1) is 13.1. The van der Waals surface area contributed by atoms with Gasteiger partial charge in [0.05, 0.1) is 12.1 Å². The smallest absolute Gasteiger partial charge is 0.418 e. The minimum atomic E-state index is -0.280. The second-order valence-electron chi connectivity index (χ2n) is 8.45. The van der Waals surface area contributed by atoms with Crippen molar-refractivity contribution in [3.8, 4) is 5.75 Å². The molecule has 4 heterocycles. The van der Waals surface area contributed by atoms with Gasteiger partial charge in [-0.1, -0.05) is 13.3 Å². The number of fused-ring (bicyclic) bond motifs is 4. The minimum Gasteiger partial charge on any atom is -0.508 e. The summed E-state index contributed by atoms with van der Waals surface area (Å²) in [6, 6.07) is 5.88. The van der Waals surface area contributed by atoms with Crippen molar-refractivity contribution in [3.05, 3.63) is 29.5 Å². The third-order valence-electron chi connectivity index (χ3n) is 7.10. The standard InChI is InChI=1S/C22H28N2O3/c1-3-14-9-13-10-18-20(14)23(12-13)8-7-16-17-11-15(25)5-6-19(17)24(21(16)18)22(26)27-4-2/h5-6,11,13-14,18,20,25H,3-4,7-10,12H2,1-2H3/t13-,14-,18+,20?/m0/s1. The first-order valence-corrected chi connectivity index (χ1v) is 10.4. The maximum atomic E-state index is 13.0. The number of aromatic hydroxyl groups is 1. The lowest BCUT2D eigenvalue weighted by atomic mass is 9.65. The van der Waals surface area contributed by atoms with Crippen molar-refractivity contribution < 1.29 is 14.6 Å². The van der Waals surface area contributed by atoms with E-state index in [1.807, 2.05) is 23.6 Å². The third kappa shape index (κ3) is 2.44. The van der Waals surface area contributed by atoms with Gasteiger partial charge in [-0.2, -0.15) is 0 Å². The van der Waals surface area contributed by atoms with E-state index in [1.54, 1.807) is 6.07 Å². The van der Waals surface area contributed by atoms with Crippen LogP contribution < -0.4 is 0 Å². The molecule has 3 fully saturated rings. The molecule has 1 saturated carbocycles. The zero-order valence-corrected chi connectivity index (χ0v) is 16.1. The Kier molecular flexibility index (Phi) is 3.97. The summed E-state index contributed by atoms with van der Waals surface area (Å²) in [5.41, 5.74) is 3.27. The molecule has 4 aliphatic rings. The second kappa shape index (κ2) is 6.26. The van der Waals surface area contributed by atoms with Gasteiger partial charge in [0.25, 0.3) is 0 Å². The summed E-state index contributed by atoms with van der Waals surface area (Å²) in [7, 11) is 0. The molecule has 6 rings (SSSR count). The summed E-state index contributed by atoms with van der Waals surface area (Å²) in [6.07, 6.45) is 4.33. The highest BCUT2D eigenvalue weighted by molar-refractivity contribution is 5.95. The van der Waals surface area contributed by atoms with Crippen molar-refractivity contribution in [1.29, 1.82) is 0 Å². The number of ether oxygens (including phenoxy) is 1. The monoisotopic (exact) mass is 368 g/mol. The number of carbonyl (C=O) groups is 1. The van der Waals surface area contributed by atoms with Crippen molar-refractivity contribution in [2.45, 2.75) is 51.5 Å². The molecule has 27 heavy (non-hydrogen) atoms. The Morgan fingerprint density at radius 1 is 1.30 bits per heavy atom. The predicted molar refractivity (Wildman–Crippen MR) is 104 cm³/mol. The number of phenolic OH excluding ortho intramolecular Hbond substituents is 1. The molecule has 144 valence electrons. The van der Waals surface area contributed by atoms with Gasteiger partial charge in [-0.15, -0.1) is 0 Å². The highest BCUT2D eigenvalue weighted by Gasteiger charge is 2.49. The number of hydrogen-bond acceptors (Lipinski definition) is 4. The molecule has 3 aliphatic heterocycles. The van der Waals surface area contributed by atoms with E-state index in [0.29, 0.717) is 24.5 Å². The Morgan fingerprint density at radius 2 is 2.15 bits per heavy atom. The van der Waals surface area contributed by atoms with Crippen LogP contribution in [-0.4, -0.2) is 46.4 Å². The zero-order valence-electron chi connectivity index (χ0n) is 16.1. The Balaban J connectivity index is 1.75. The lowest BCUT2D eigenvalue weighted by Crippen LogP contribution is -2.56. The van der Waals surface area contributed by atoms with Gasteiger partial charge in [-0.3, -0.25) is 4.90 Å². The third-order valence-corrected chi connectivity index (χ3v) is 7.10. The number of phenols is 1. The van der Waals surface area contributed by atoms with Crippen LogP contribution in [0.3, 0.4) is 0 Å². The number of rotatable bonds is 2. The van der Waals surface area contributed by atoms with Crippen molar-refractivity contribution >= 4 is 17.0 Å². The van der Waals surface area contributed by atoms with Crippen molar-refractivity contribution in [3.63, 3.8) is 0 Å². The largest absolute Gasteiger partial charge is 0.508 e. The van der Waals surface area contributed by atoms with E-state index in [4.69, 9.17) is 4.74 Å². The average Bonchev–Trinajstić information content (AvgIpc) is 2.93. The van der Waals surface area contributed by atoms with Crippen LogP contribution in [0.4, 0.5) is 4.79 Å². The Hall–Kier alpha value is -2.01. The van der Waals surface area contributed by atoms with Gasteiger partial charge in [0.1, 0.15) is 5.75 Å². The first kappa shape index (κ1) is 17.1. The quantitative estimate of drug-likeness (QED) is 0.867. The predicted octanol–water partition coefficient (Wildman–Crippen LogP) is 4.11. The van der Waals surface area contributed by atoms with E-state index in [2.05, 4.69) is 11.8 Å². The summed E-state index contributed by atoms with van der Waals surface area (Å²) < 4.78 is 7.28. The van der Waals surface area contributed by atoms with Crippen LogP contribution in [-0.2, 0) is 11.2 Å². The van der Waals surface area contributed by atoms with Crippen LogP contribution in [0.15, 0.2) is 18.2 Å². The molecule has 2 unspecified atom stereocenters. The minimum absolute atomic E-state index is 0.256. The van der Waals surface area contributed by atoms with E-state index in [9.17, 15) is 9.90 Å². The SMILES string of the molecule is CCOC(=O)n1c2c(c3cc(O)ccc31)CCN1C[C@H]3C[C@H](CC)C1[C@H]2C3. The van der Waals surface area contributed by atoms with Crippen molar-refractivity contribution in [2.24, 2.45) is 11.8 Å². The maximum absolute atomic E-state index is 13.0. The van der Waals surface area contributed by atoms with E-state index in [-0.39, 0.29) is 11.8 Å². The molecular weight excluding hydrogens is 340 g/mol. The van der Waals surface area contributed by atoms with Gasteiger partial charge in [0.2, 0.25) is 0 Å². The van der Waals surface area contributed by atoms with E-state index in [0.717, 1.165) is 41.9 Å². The first-order valence-electron chi connectivity index (χ1n) is 10.4. The fourth-order valence-electron chi connectivity index (χ4n) is 6.22. The molecule has 0 radical (unpaired) electrons. The normalized spacial score (nSPS) is 31.6. The second-order valence-corrected chi connectivity index (χ2v) is 8.45. The fraction of sp³-hybridized carbons (Fsp3) is 0.591. The topological polar surface area (TPSA) is 54.7 Å². The Labute approximate surface area is 159 Å². The van der Waals surface area contributed by atoms with Crippen LogP contribution in [0, 0.1) is 11.8 Å². The number of carbonyl (C=O) groups excluding carboxylic acids is 1. The summed E-state index contributed by atoms with van der Waals surface area (Å²) >= 11 is 0. The summed E-state index contributed by atoms with van der Waals surface area (Å²) in [5.74, 6) is 2.05. The lowest BCUT2D eigenvalue weighted by molar-refractivity contribution is -0.0141. The van der Waals surface area contributed by atoms with Gasteiger partial charge in [0.15, 0.2) is 0 Å². The van der Waals surface area contributed by atoms with Gasteiger partial charge in [0, 0.05) is 36.1 Å². The van der Waals surface area contributed by atoms with Gasteiger partial charge < -0.3 is 9.84 Å². The van der Waals surface area contributed by atoms with E-state index >= 15 is 0 Å². The molecule has 4 bridgehead atoms. The van der Waals surface area contributed by atoms with E-state index in [1.165, 1.54) is 24.9 Å². The molecule has 1 N–H and O–H groups in total. The number of benzene rings is 1. The molecule has 0 spiro atoms. The summed E-state index contributed by atoms with van der Waals surface area (Å²) in [6.45, 7) is 6.76. The van der Waals surface area contributed by atoms with Crippen molar-refractivity contribution in [1.82, 2.24) is 9.47 Å². The van der Waals surface area contributed by atoms with Crippen LogP contribution >= 0.6 is 0 Å². The highest BCUT2D eigenvalue weighted by atomic mass is 16.5. The van der Waals surface area contributed by atoms with Gasteiger partial charge >= 0.3 is 6.09 Å². The number of nitrogens with zero attached hydrogens (tertiary/aromatic N) is 2. The van der Waals surface area contributed by atoms with Crippen molar-refractivity contribution in [2.75, 3.05) is 19.7 Å². The molecule has 1 aliphatic carbocycles. The van der Waals surface area contributed by atoms with Crippen LogP contribution in [0.2, 0.25) is 0 Å². The van der Waals surface area contributed by atoms with Crippen LogP contribution in [0.25, 0.3) is 10.9 Å². The Bertz CT molecular complexity index is 903. The van der Waals surface area contributed by atoms with Gasteiger partial charge in [-0.05, 0) is 61.8 Å². The zero-order chi connectivity index (χ0) is 18.7. The molecule has 2 saturated heterocycles. The number of hydrogen-bond donors (Lipinski definition) is 1. The lowest BCUT2D eigenvalue weighted by Gasteiger charge is -2.53. The molecule has 2 aromatic rings. The van der Waals surface area contributed by atoms with Crippen LogP contribution in [0.5, 0.6) is 5.75 Å². The average molecular weight is 368 g/mol. The van der Waals surface area contributed by atoms with Crippen LogP contribution in [0.1, 0.15) is 50.3 Å². The highest BCUT2D eigenvalue weighted by Crippen LogP contribution is 2.52. The molecule has 5 heteroatoms.